The molecule has 2 aromatic carbocycles. The van der Waals surface area contributed by atoms with Crippen molar-refractivity contribution < 1.29 is 17.3 Å². The van der Waals surface area contributed by atoms with Crippen molar-refractivity contribution in [2.24, 2.45) is 0 Å². The maximum atomic E-state index is 13.5. The Labute approximate surface area is 167 Å². The fourth-order valence-corrected chi connectivity index (χ4v) is 5.51. The van der Waals surface area contributed by atoms with Crippen LogP contribution in [0.3, 0.4) is 0 Å². The second kappa shape index (κ2) is 7.27. The molecule has 1 unspecified atom stereocenters. The van der Waals surface area contributed by atoms with Crippen LogP contribution >= 0.6 is 11.6 Å². The summed E-state index contributed by atoms with van der Waals surface area (Å²) in [6.45, 7) is 2.02. The van der Waals surface area contributed by atoms with Gasteiger partial charge in [-0.2, -0.15) is 9.29 Å². The number of nitrogens with zero attached hydrogens (tertiary/aromatic N) is 3. The second-order valence-corrected chi connectivity index (χ2v) is 8.87. The summed E-state index contributed by atoms with van der Waals surface area (Å²) < 4.78 is 46.6. The number of benzene rings is 2. The molecule has 1 aromatic heterocycles. The van der Waals surface area contributed by atoms with Gasteiger partial charge >= 0.3 is 0 Å². The molecule has 28 heavy (non-hydrogen) atoms. The van der Waals surface area contributed by atoms with Gasteiger partial charge in [-0.05, 0) is 49.6 Å². The fourth-order valence-electron chi connectivity index (χ4n) is 3.38. The van der Waals surface area contributed by atoms with Crippen LogP contribution in [0.5, 0.6) is 0 Å². The zero-order valence-corrected chi connectivity index (χ0v) is 16.5. The summed E-state index contributed by atoms with van der Waals surface area (Å²) in [5, 5.41) is 4.29. The van der Waals surface area contributed by atoms with E-state index in [0.717, 1.165) is 0 Å². The molecule has 1 aliphatic heterocycles. The lowest BCUT2D eigenvalue weighted by Crippen LogP contribution is -2.31. The first-order valence-corrected chi connectivity index (χ1v) is 10.6. The van der Waals surface area contributed by atoms with E-state index in [0.29, 0.717) is 35.5 Å². The molecule has 0 aliphatic carbocycles. The minimum Gasteiger partial charge on any atom is -0.337 e. The van der Waals surface area contributed by atoms with Gasteiger partial charge in [-0.25, -0.2) is 12.8 Å². The van der Waals surface area contributed by atoms with E-state index in [9.17, 15) is 12.8 Å². The highest BCUT2D eigenvalue weighted by Crippen LogP contribution is 2.38. The average molecular weight is 422 g/mol. The molecule has 0 saturated carbocycles. The van der Waals surface area contributed by atoms with E-state index in [4.69, 9.17) is 16.1 Å². The van der Waals surface area contributed by atoms with Gasteiger partial charge in [0.2, 0.25) is 21.7 Å². The van der Waals surface area contributed by atoms with Crippen molar-refractivity contribution in [2.75, 3.05) is 6.54 Å². The summed E-state index contributed by atoms with van der Waals surface area (Å²) in [6.07, 6.45) is 1.23. The molecule has 3 aromatic rings. The Kier molecular flexibility index (Phi) is 4.95. The van der Waals surface area contributed by atoms with Gasteiger partial charge < -0.3 is 4.52 Å². The fraction of sp³-hybridized carbons (Fsp3) is 0.263. The van der Waals surface area contributed by atoms with Crippen molar-refractivity contribution in [1.82, 2.24) is 14.4 Å². The second-order valence-electron chi connectivity index (χ2n) is 6.60. The van der Waals surface area contributed by atoms with E-state index < -0.39 is 21.9 Å². The first kappa shape index (κ1) is 19.0. The van der Waals surface area contributed by atoms with Crippen molar-refractivity contribution in [1.29, 1.82) is 0 Å². The molecule has 9 heteroatoms. The summed E-state index contributed by atoms with van der Waals surface area (Å²) in [5.74, 6) is 0.00283. The van der Waals surface area contributed by atoms with Gasteiger partial charge in [0.05, 0.1) is 4.90 Å². The third kappa shape index (κ3) is 3.32. The maximum absolute atomic E-state index is 13.5. The largest absolute Gasteiger partial charge is 0.337 e. The van der Waals surface area contributed by atoms with Crippen LogP contribution in [-0.4, -0.2) is 29.4 Å². The van der Waals surface area contributed by atoms with E-state index in [2.05, 4.69) is 10.1 Å². The third-order valence-corrected chi connectivity index (χ3v) is 7.28. The van der Waals surface area contributed by atoms with Crippen LogP contribution in [-0.2, 0) is 10.0 Å². The van der Waals surface area contributed by atoms with E-state index in [1.807, 2.05) is 0 Å². The monoisotopic (exact) mass is 421 g/mol. The molecule has 4 rings (SSSR count). The summed E-state index contributed by atoms with van der Waals surface area (Å²) in [6, 6.07) is 10.1. The molecule has 2 heterocycles. The molecule has 1 aliphatic rings. The molecule has 0 radical (unpaired) electrons. The van der Waals surface area contributed by atoms with Gasteiger partial charge in [0.1, 0.15) is 11.9 Å². The van der Waals surface area contributed by atoms with E-state index in [1.165, 1.54) is 22.5 Å². The van der Waals surface area contributed by atoms with Gasteiger partial charge in [0.25, 0.3) is 0 Å². The Morgan fingerprint density at radius 2 is 2.04 bits per heavy atom. The smallest absolute Gasteiger partial charge is 0.245 e. The Hall–Kier alpha value is -2.29. The van der Waals surface area contributed by atoms with Gasteiger partial charge in [-0.1, -0.05) is 35.0 Å². The van der Waals surface area contributed by atoms with Crippen LogP contribution in [0.2, 0.25) is 5.02 Å². The number of aromatic nitrogens is 2. The van der Waals surface area contributed by atoms with E-state index >= 15 is 0 Å². The highest BCUT2D eigenvalue weighted by Gasteiger charge is 2.40. The van der Waals surface area contributed by atoms with Gasteiger partial charge in [0, 0.05) is 17.1 Å². The van der Waals surface area contributed by atoms with Gasteiger partial charge in [-0.3, -0.25) is 0 Å². The summed E-state index contributed by atoms with van der Waals surface area (Å²) >= 11 is 6.11. The minimum atomic E-state index is -3.79. The zero-order valence-electron chi connectivity index (χ0n) is 15.0. The van der Waals surface area contributed by atoms with Crippen LogP contribution < -0.4 is 0 Å². The first-order valence-electron chi connectivity index (χ1n) is 8.74. The summed E-state index contributed by atoms with van der Waals surface area (Å²) in [7, 11) is -3.79. The molecule has 146 valence electrons. The molecule has 6 nitrogen and oxygen atoms in total. The highest BCUT2D eigenvalue weighted by molar-refractivity contribution is 7.89. The van der Waals surface area contributed by atoms with E-state index in [1.54, 1.807) is 31.2 Å². The standard InChI is InChI=1S/C19H17ClFN3O3S/c1-12-15(20)7-3-9-17(12)28(25,26)24-10-4-8-16(24)19-22-18(23-27-19)13-5-2-6-14(21)11-13/h2-3,5-7,9,11,16H,4,8,10H2,1H3. The SMILES string of the molecule is Cc1c(Cl)cccc1S(=O)(=O)N1CCCC1c1nc(-c2cccc(F)c2)no1. The van der Waals surface area contributed by atoms with Crippen LogP contribution in [0.25, 0.3) is 11.4 Å². The Bertz CT molecular complexity index is 1130. The first-order chi connectivity index (χ1) is 13.4. The molecular formula is C19H17ClFN3O3S. The lowest BCUT2D eigenvalue weighted by atomic mass is 10.2. The summed E-state index contributed by atoms with van der Waals surface area (Å²) in [5.41, 5.74) is 0.967. The topological polar surface area (TPSA) is 76.3 Å². The molecule has 1 atom stereocenters. The molecule has 0 bridgehead atoms. The summed E-state index contributed by atoms with van der Waals surface area (Å²) in [4.78, 5) is 4.49. The Morgan fingerprint density at radius 1 is 1.25 bits per heavy atom. The molecule has 0 amide bonds. The molecule has 1 saturated heterocycles. The molecule has 1 fully saturated rings. The molecular weight excluding hydrogens is 405 g/mol. The minimum absolute atomic E-state index is 0.164. The normalized spacial score (nSPS) is 17.9. The number of sulfonamides is 1. The quantitative estimate of drug-likeness (QED) is 0.625. The lowest BCUT2D eigenvalue weighted by molar-refractivity contribution is 0.290. The Morgan fingerprint density at radius 3 is 2.82 bits per heavy atom. The van der Waals surface area contributed by atoms with Gasteiger partial charge in [0.15, 0.2) is 0 Å². The predicted octanol–water partition coefficient (Wildman–Crippen LogP) is 4.36. The zero-order chi connectivity index (χ0) is 19.9. The van der Waals surface area contributed by atoms with Gasteiger partial charge in [-0.15, -0.1) is 0 Å². The van der Waals surface area contributed by atoms with Crippen LogP contribution in [0.1, 0.15) is 30.3 Å². The molecule has 0 spiro atoms. The highest BCUT2D eigenvalue weighted by atomic mass is 35.5. The van der Waals surface area contributed by atoms with Crippen molar-refractivity contribution in [3.63, 3.8) is 0 Å². The van der Waals surface area contributed by atoms with Crippen LogP contribution in [0, 0.1) is 12.7 Å². The van der Waals surface area contributed by atoms with Crippen molar-refractivity contribution in [3.05, 3.63) is 64.8 Å². The number of rotatable bonds is 4. The average Bonchev–Trinajstić information content (AvgIpc) is 3.33. The maximum Gasteiger partial charge on any atom is 0.245 e. The van der Waals surface area contributed by atoms with Crippen molar-refractivity contribution >= 4 is 21.6 Å². The number of halogens is 2. The molecule has 0 N–H and O–H groups in total. The lowest BCUT2D eigenvalue weighted by Gasteiger charge is -2.22. The van der Waals surface area contributed by atoms with Crippen molar-refractivity contribution in [3.8, 4) is 11.4 Å². The van der Waals surface area contributed by atoms with Crippen molar-refractivity contribution in [2.45, 2.75) is 30.7 Å². The van der Waals surface area contributed by atoms with Crippen LogP contribution in [0.15, 0.2) is 51.9 Å². The van der Waals surface area contributed by atoms with Crippen LogP contribution in [0.4, 0.5) is 4.39 Å². The Balaban J connectivity index is 1.68. The number of hydrogen-bond donors (Lipinski definition) is 0. The van der Waals surface area contributed by atoms with E-state index in [-0.39, 0.29) is 16.6 Å². The number of hydrogen-bond acceptors (Lipinski definition) is 5. The third-order valence-electron chi connectivity index (χ3n) is 4.82. The predicted molar refractivity (Wildman–Crippen MR) is 102 cm³/mol.